The number of carbonyl (C=O) groups excluding carboxylic acids is 1. The van der Waals surface area contributed by atoms with Crippen LogP contribution >= 0.6 is 12.2 Å². The second-order valence-electron chi connectivity index (χ2n) is 3.88. The molecule has 1 unspecified atom stereocenters. The number of hydrogen-bond acceptors (Lipinski definition) is 3. The van der Waals surface area contributed by atoms with E-state index in [1.54, 1.807) is 45.3 Å². The number of carbonyl (C=O) groups is 1. The van der Waals surface area contributed by atoms with Gasteiger partial charge in [-0.25, -0.2) is 0 Å². The van der Waals surface area contributed by atoms with Crippen molar-refractivity contribution in [3.8, 4) is 5.75 Å². The SMILES string of the molecule is CC(Oc1ccc(C(N)=S)cc1)C(=O)N(C)C. The monoisotopic (exact) mass is 252 g/mol. The number of benzene rings is 1. The lowest BCUT2D eigenvalue weighted by Gasteiger charge is -2.18. The largest absolute Gasteiger partial charge is 0.481 e. The van der Waals surface area contributed by atoms with Gasteiger partial charge in [0.25, 0.3) is 5.91 Å². The van der Waals surface area contributed by atoms with E-state index in [0.29, 0.717) is 10.7 Å². The number of hydrogen-bond donors (Lipinski definition) is 1. The zero-order chi connectivity index (χ0) is 13.0. The van der Waals surface area contributed by atoms with Gasteiger partial charge in [0, 0.05) is 19.7 Å². The van der Waals surface area contributed by atoms with Crippen LogP contribution in [0, 0.1) is 0 Å². The van der Waals surface area contributed by atoms with Crippen LogP contribution in [0.2, 0.25) is 0 Å². The predicted molar refractivity (Wildman–Crippen MR) is 71.1 cm³/mol. The number of thiocarbonyl (C=S) groups is 1. The van der Waals surface area contributed by atoms with Crippen molar-refractivity contribution in [2.75, 3.05) is 14.1 Å². The molecule has 0 bridgehead atoms. The maximum absolute atomic E-state index is 11.6. The van der Waals surface area contributed by atoms with Gasteiger partial charge in [-0.3, -0.25) is 4.79 Å². The van der Waals surface area contributed by atoms with E-state index in [4.69, 9.17) is 22.7 Å². The lowest BCUT2D eigenvalue weighted by atomic mass is 10.2. The molecule has 0 spiro atoms. The third-order valence-electron chi connectivity index (χ3n) is 2.24. The van der Waals surface area contributed by atoms with E-state index in [1.165, 1.54) is 4.90 Å². The first-order valence-corrected chi connectivity index (χ1v) is 5.60. The molecule has 4 nitrogen and oxygen atoms in total. The molecule has 17 heavy (non-hydrogen) atoms. The Kier molecular flexibility index (Phi) is 4.45. The minimum absolute atomic E-state index is 0.0802. The fourth-order valence-electron chi connectivity index (χ4n) is 1.32. The fourth-order valence-corrected chi connectivity index (χ4v) is 1.45. The average Bonchev–Trinajstić information content (AvgIpc) is 2.28. The van der Waals surface area contributed by atoms with E-state index < -0.39 is 6.10 Å². The van der Waals surface area contributed by atoms with Crippen LogP contribution in [-0.4, -0.2) is 36.0 Å². The Morgan fingerprint density at radius 3 is 2.29 bits per heavy atom. The summed E-state index contributed by atoms with van der Waals surface area (Å²) in [6.45, 7) is 1.71. The molecule has 0 saturated carbocycles. The summed E-state index contributed by atoms with van der Waals surface area (Å²) in [5.41, 5.74) is 6.26. The van der Waals surface area contributed by atoms with Gasteiger partial charge < -0.3 is 15.4 Å². The Morgan fingerprint density at radius 2 is 1.88 bits per heavy atom. The second kappa shape index (κ2) is 5.63. The molecule has 0 aliphatic rings. The summed E-state index contributed by atoms with van der Waals surface area (Å²) >= 11 is 4.85. The van der Waals surface area contributed by atoms with Gasteiger partial charge in [-0.2, -0.15) is 0 Å². The van der Waals surface area contributed by atoms with Crippen LogP contribution in [-0.2, 0) is 4.79 Å². The molecule has 92 valence electrons. The molecule has 2 N–H and O–H groups in total. The summed E-state index contributed by atoms with van der Waals surface area (Å²) in [5, 5.41) is 0. The van der Waals surface area contributed by atoms with Crippen molar-refractivity contribution in [3.63, 3.8) is 0 Å². The molecule has 1 aromatic rings. The van der Waals surface area contributed by atoms with Crippen LogP contribution in [0.4, 0.5) is 0 Å². The number of rotatable bonds is 4. The van der Waals surface area contributed by atoms with Crippen molar-refractivity contribution in [2.24, 2.45) is 5.73 Å². The number of amides is 1. The molecular formula is C12H16N2O2S. The van der Waals surface area contributed by atoms with Crippen molar-refractivity contribution in [2.45, 2.75) is 13.0 Å². The quantitative estimate of drug-likeness (QED) is 0.817. The Bertz CT molecular complexity index is 415. The standard InChI is InChI=1S/C12H16N2O2S/c1-8(12(15)14(2)3)16-10-6-4-9(5-7-10)11(13)17/h4-8H,1-3H3,(H2,13,17). The van der Waals surface area contributed by atoms with Crippen molar-refractivity contribution >= 4 is 23.1 Å². The van der Waals surface area contributed by atoms with Gasteiger partial charge >= 0.3 is 0 Å². The topological polar surface area (TPSA) is 55.6 Å². The summed E-state index contributed by atoms with van der Waals surface area (Å²) in [5.74, 6) is 0.538. The lowest BCUT2D eigenvalue weighted by Crippen LogP contribution is -2.35. The molecule has 1 atom stereocenters. The van der Waals surface area contributed by atoms with Gasteiger partial charge in [0.15, 0.2) is 6.10 Å². The van der Waals surface area contributed by atoms with Gasteiger partial charge in [0.2, 0.25) is 0 Å². The minimum Gasteiger partial charge on any atom is -0.481 e. The first-order chi connectivity index (χ1) is 7.91. The normalized spacial score (nSPS) is 11.7. The molecule has 5 heteroatoms. The third-order valence-corrected chi connectivity index (χ3v) is 2.48. The molecule has 0 fully saturated rings. The molecule has 0 saturated heterocycles. The average molecular weight is 252 g/mol. The predicted octanol–water partition coefficient (Wildman–Crippen LogP) is 1.18. The van der Waals surface area contributed by atoms with Gasteiger partial charge in [0.05, 0.1) is 0 Å². The zero-order valence-electron chi connectivity index (χ0n) is 10.1. The van der Waals surface area contributed by atoms with Crippen molar-refractivity contribution < 1.29 is 9.53 Å². The summed E-state index contributed by atoms with van der Waals surface area (Å²) < 4.78 is 5.50. The fraction of sp³-hybridized carbons (Fsp3) is 0.333. The Labute approximate surface area is 106 Å². The molecule has 0 aromatic heterocycles. The number of nitrogens with zero attached hydrogens (tertiary/aromatic N) is 1. The Morgan fingerprint density at radius 1 is 1.35 bits per heavy atom. The van der Waals surface area contributed by atoms with Crippen LogP contribution in [0.1, 0.15) is 12.5 Å². The van der Waals surface area contributed by atoms with Gasteiger partial charge in [-0.05, 0) is 31.2 Å². The van der Waals surface area contributed by atoms with E-state index in [9.17, 15) is 4.79 Å². The summed E-state index contributed by atoms with van der Waals surface area (Å²) in [7, 11) is 3.39. The highest BCUT2D eigenvalue weighted by Crippen LogP contribution is 2.14. The van der Waals surface area contributed by atoms with E-state index in [2.05, 4.69) is 0 Å². The van der Waals surface area contributed by atoms with E-state index in [-0.39, 0.29) is 5.91 Å². The maximum atomic E-state index is 11.6. The highest BCUT2D eigenvalue weighted by Gasteiger charge is 2.16. The molecule has 0 aliphatic carbocycles. The maximum Gasteiger partial charge on any atom is 0.262 e. The second-order valence-corrected chi connectivity index (χ2v) is 4.32. The highest BCUT2D eigenvalue weighted by molar-refractivity contribution is 7.80. The highest BCUT2D eigenvalue weighted by atomic mass is 32.1. The van der Waals surface area contributed by atoms with Crippen molar-refractivity contribution in [1.82, 2.24) is 4.90 Å². The molecule has 0 aliphatic heterocycles. The van der Waals surface area contributed by atoms with Gasteiger partial charge in [-0.15, -0.1) is 0 Å². The molecule has 1 rings (SSSR count). The van der Waals surface area contributed by atoms with E-state index in [0.717, 1.165) is 5.56 Å². The van der Waals surface area contributed by atoms with E-state index in [1.807, 2.05) is 0 Å². The summed E-state index contributed by atoms with van der Waals surface area (Å²) in [4.78, 5) is 13.4. The molecule has 1 aromatic carbocycles. The molecule has 1 amide bonds. The number of ether oxygens (including phenoxy) is 1. The van der Waals surface area contributed by atoms with Crippen LogP contribution in [0.5, 0.6) is 5.75 Å². The number of nitrogens with two attached hydrogens (primary N) is 1. The van der Waals surface area contributed by atoms with Crippen molar-refractivity contribution in [1.29, 1.82) is 0 Å². The van der Waals surface area contributed by atoms with Gasteiger partial charge in [-0.1, -0.05) is 12.2 Å². The molecule has 0 radical (unpaired) electrons. The van der Waals surface area contributed by atoms with Crippen LogP contribution in [0.15, 0.2) is 24.3 Å². The molecular weight excluding hydrogens is 236 g/mol. The van der Waals surface area contributed by atoms with Crippen molar-refractivity contribution in [3.05, 3.63) is 29.8 Å². The van der Waals surface area contributed by atoms with Crippen LogP contribution in [0.3, 0.4) is 0 Å². The number of likely N-dealkylation sites (N-methyl/N-ethyl adjacent to an activating group) is 1. The molecule has 0 heterocycles. The van der Waals surface area contributed by atoms with Crippen LogP contribution < -0.4 is 10.5 Å². The minimum atomic E-state index is -0.513. The first-order valence-electron chi connectivity index (χ1n) is 5.19. The lowest BCUT2D eigenvalue weighted by molar-refractivity contribution is -0.135. The first kappa shape index (κ1) is 13.4. The third kappa shape index (κ3) is 3.71. The Hall–Kier alpha value is -1.62. The Balaban J connectivity index is 2.69. The summed E-state index contributed by atoms with van der Waals surface area (Å²) in [6.07, 6.45) is -0.513. The van der Waals surface area contributed by atoms with Gasteiger partial charge in [0.1, 0.15) is 10.7 Å². The smallest absolute Gasteiger partial charge is 0.262 e. The zero-order valence-corrected chi connectivity index (χ0v) is 11.0. The summed E-state index contributed by atoms with van der Waals surface area (Å²) in [6, 6.07) is 7.02. The van der Waals surface area contributed by atoms with E-state index >= 15 is 0 Å². The van der Waals surface area contributed by atoms with Crippen LogP contribution in [0.25, 0.3) is 0 Å².